The molecular weight excluding hydrogens is 529 g/mol. The zero-order chi connectivity index (χ0) is 29.2. The minimum Gasteiger partial charge on any atom is -0.494 e. The molecule has 212 valence electrons. The van der Waals surface area contributed by atoms with E-state index in [-0.39, 0.29) is 11.3 Å². The fraction of sp³-hybridized carbons (Fsp3) is 0.206. The predicted octanol–water partition coefficient (Wildman–Crippen LogP) is 9.18. The van der Waals surface area contributed by atoms with Gasteiger partial charge in [-0.3, -0.25) is 0 Å². The van der Waals surface area contributed by atoms with Crippen molar-refractivity contribution in [2.75, 3.05) is 13.2 Å². The molecule has 0 fully saturated rings. The largest absolute Gasteiger partial charge is 0.494 e. The molecule has 0 N–H and O–H groups in total. The molecule has 4 aromatic rings. The molecule has 0 saturated heterocycles. The fourth-order valence-electron chi connectivity index (χ4n) is 4.10. The Kier molecular flexibility index (Phi) is 10.2. The SMILES string of the molecule is C=CCCCOc1ccc(-c2ccc(OC(=O)c3ccc(-c4ccc(OCCCC)cc4)c(F)c3F)cc2)c(F)c1. The number of rotatable bonds is 13. The standard InChI is InChI=1S/C34H31F3O4/c1-3-5-7-21-40-27-16-17-28(31(35)22-27)23-10-14-26(15-11-23)41-34(38)30-19-18-29(32(36)33(30)37)24-8-12-25(13-9-24)39-20-6-4-2/h3,8-19,22H,1,4-7,20-21H2,2H3. The second-order valence-electron chi connectivity index (χ2n) is 9.35. The first-order chi connectivity index (χ1) is 19.9. The fourth-order valence-corrected chi connectivity index (χ4v) is 4.10. The lowest BCUT2D eigenvalue weighted by Gasteiger charge is -2.11. The van der Waals surface area contributed by atoms with E-state index in [0.717, 1.165) is 25.7 Å². The van der Waals surface area contributed by atoms with Crippen molar-refractivity contribution < 1.29 is 32.2 Å². The van der Waals surface area contributed by atoms with Gasteiger partial charge in [0.25, 0.3) is 0 Å². The summed E-state index contributed by atoms with van der Waals surface area (Å²) >= 11 is 0. The number of hydrogen-bond donors (Lipinski definition) is 0. The van der Waals surface area contributed by atoms with Crippen LogP contribution in [0.15, 0.2) is 91.5 Å². The number of carbonyl (C=O) groups is 1. The van der Waals surface area contributed by atoms with Crippen molar-refractivity contribution >= 4 is 5.97 Å². The molecular formula is C34H31F3O4. The van der Waals surface area contributed by atoms with E-state index in [4.69, 9.17) is 14.2 Å². The van der Waals surface area contributed by atoms with Gasteiger partial charge in [-0.25, -0.2) is 18.0 Å². The van der Waals surface area contributed by atoms with Crippen LogP contribution < -0.4 is 14.2 Å². The van der Waals surface area contributed by atoms with Gasteiger partial charge < -0.3 is 14.2 Å². The molecule has 0 aliphatic heterocycles. The molecule has 4 aromatic carbocycles. The van der Waals surface area contributed by atoms with Crippen LogP contribution in [0.3, 0.4) is 0 Å². The van der Waals surface area contributed by atoms with Crippen molar-refractivity contribution in [3.63, 3.8) is 0 Å². The number of halogens is 3. The Morgan fingerprint density at radius 3 is 1.98 bits per heavy atom. The van der Waals surface area contributed by atoms with Crippen LogP contribution in [-0.4, -0.2) is 19.2 Å². The Morgan fingerprint density at radius 1 is 0.732 bits per heavy atom. The van der Waals surface area contributed by atoms with E-state index < -0.39 is 29.0 Å². The van der Waals surface area contributed by atoms with Crippen molar-refractivity contribution in [3.05, 3.63) is 115 Å². The summed E-state index contributed by atoms with van der Waals surface area (Å²) in [5.41, 5.74) is 0.803. The van der Waals surface area contributed by atoms with Gasteiger partial charge >= 0.3 is 5.97 Å². The monoisotopic (exact) mass is 560 g/mol. The summed E-state index contributed by atoms with van der Waals surface area (Å²) in [5.74, 6) is -2.81. The van der Waals surface area contributed by atoms with Crippen molar-refractivity contribution in [2.24, 2.45) is 0 Å². The van der Waals surface area contributed by atoms with E-state index in [9.17, 15) is 18.0 Å². The van der Waals surface area contributed by atoms with E-state index in [1.807, 2.05) is 0 Å². The van der Waals surface area contributed by atoms with Gasteiger partial charge in [-0.2, -0.15) is 0 Å². The van der Waals surface area contributed by atoms with E-state index in [1.54, 1.807) is 54.6 Å². The minimum absolute atomic E-state index is 0.0127. The maximum Gasteiger partial charge on any atom is 0.346 e. The number of benzene rings is 4. The second kappa shape index (κ2) is 14.2. The van der Waals surface area contributed by atoms with Crippen LogP contribution in [0.5, 0.6) is 17.2 Å². The van der Waals surface area contributed by atoms with E-state index >= 15 is 0 Å². The van der Waals surface area contributed by atoms with Gasteiger partial charge in [-0.15, -0.1) is 6.58 Å². The highest BCUT2D eigenvalue weighted by Gasteiger charge is 2.21. The topological polar surface area (TPSA) is 44.8 Å². The zero-order valence-electron chi connectivity index (χ0n) is 22.8. The number of esters is 1. The Labute approximate surface area is 238 Å². The molecule has 0 bridgehead atoms. The molecule has 0 spiro atoms. The maximum absolute atomic E-state index is 14.9. The molecule has 41 heavy (non-hydrogen) atoms. The molecule has 4 nitrogen and oxygen atoms in total. The molecule has 0 aliphatic carbocycles. The second-order valence-corrected chi connectivity index (χ2v) is 9.35. The van der Waals surface area contributed by atoms with Crippen LogP contribution in [0.1, 0.15) is 43.0 Å². The summed E-state index contributed by atoms with van der Waals surface area (Å²) in [4.78, 5) is 12.7. The lowest BCUT2D eigenvalue weighted by molar-refractivity contribution is 0.0728. The highest BCUT2D eigenvalue weighted by Crippen LogP contribution is 2.30. The highest BCUT2D eigenvalue weighted by atomic mass is 19.2. The summed E-state index contributed by atoms with van der Waals surface area (Å²) in [6.45, 7) is 6.75. The van der Waals surface area contributed by atoms with Gasteiger partial charge in [0, 0.05) is 17.2 Å². The smallest absolute Gasteiger partial charge is 0.346 e. The molecule has 0 aliphatic rings. The average Bonchev–Trinajstić information content (AvgIpc) is 2.98. The quantitative estimate of drug-likeness (QED) is 0.0708. The predicted molar refractivity (Wildman–Crippen MR) is 154 cm³/mol. The van der Waals surface area contributed by atoms with Gasteiger partial charge in [0.1, 0.15) is 23.1 Å². The molecule has 0 amide bonds. The minimum atomic E-state index is -1.30. The van der Waals surface area contributed by atoms with Gasteiger partial charge in [-0.05, 0) is 72.9 Å². The van der Waals surface area contributed by atoms with Crippen LogP contribution >= 0.6 is 0 Å². The first kappa shape index (κ1) is 29.5. The Hall–Kier alpha value is -4.52. The van der Waals surface area contributed by atoms with Gasteiger partial charge in [0.15, 0.2) is 11.6 Å². The van der Waals surface area contributed by atoms with Crippen LogP contribution in [0.25, 0.3) is 22.3 Å². The van der Waals surface area contributed by atoms with Crippen LogP contribution in [0.4, 0.5) is 13.2 Å². The van der Waals surface area contributed by atoms with Crippen LogP contribution in [0, 0.1) is 17.5 Å². The third kappa shape index (κ3) is 7.57. The summed E-state index contributed by atoms with van der Waals surface area (Å²) in [5, 5.41) is 0. The highest BCUT2D eigenvalue weighted by molar-refractivity contribution is 5.92. The molecule has 0 radical (unpaired) electrons. The van der Waals surface area contributed by atoms with E-state index in [2.05, 4.69) is 13.5 Å². The van der Waals surface area contributed by atoms with E-state index in [1.165, 1.54) is 30.3 Å². The molecule has 0 saturated carbocycles. The van der Waals surface area contributed by atoms with Crippen molar-refractivity contribution in [2.45, 2.75) is 32.6 Å². The third-order valence-corrected chi connectivity index (χ3v) is 6.37. The Morgan fingerprint density at radius 2 is 1.32 bits per heavy atom. The number of ether oxygens (including phenoxy) is 3. The first-order valence-electron chi connectivity index (χ1n) is 13.5. The number of unbranched alkanes of at least 4 members (excludes halogenated alkanes) is 2. The molecule has 0 heterocycles. The van der Waals surface area contributed by atoms with Crippen LogP contribution in [0.2, 0.25) is 0 Å². The Balaban J connectivity index is 1.41. The lowest BCUT2D eigenvalue weighted by atomic mass is 10.0. The van der Waals surface area contributed by atoms with Gasteiger partial charge in [-0.1, -0.05) is 49.8 Å². The zero-order valence-corrected chi connectivity index (χ0v) is 22.8. The lowest BCUT2D eigenvalue weighted by Crippen LogP contribution is -2.12. The molecule has 7 heteroatoms. The number of allylic oxidation sites excluding steroid dienone is 1. The van der Waals surface area contributed by atoms with E-state index in [0.29, 0.717) is 41.4 Å². The number of hydrogen-bond acceptors (Lipinski definition) is 4. The van der Waals surface area contributed by atoms with Crippen molar-refractivity contribution in [1.29, 1.82) is 0 Å². The van der Waals surface area contributed by atoms with Gasteiger partial charge in [0.2, 0.25) is 0 Å². The Bertz CT molecular complexity index is 1480. The summed E-state index contributed by atoms with van der Waals surface area (Å²) in [6, 6.07) is 19.8. The van der Waals surface area contributed by atoms with Gasteiger partial charge in [0.05, 0.1) is 18.8 Å². The summed E-state index contributed by atoms with van der Waals surface area (Å²) < 4.78 is 61.0. The van der Waals surface area contributed by atoms with Crippen LogP contribution in [-0.2, 0) is 0 Å². The summed E-state index contributed by atoms with van der Waals surface area (Å²) in [6.07, 6.45) is 5.32. The molecule has 4 rings (SSSR count). The average molecular weight is 561 g/mol. The summed E-state index contributed by atoms with van der Waals surface area (Å²) in [7, 11) is 0. The normalized spacial score (nSPS) is 10.7. The molecule has 0 aromatic heterocycles. The molecule has 0 atom stereocenters. The third-order valence-electron chi connectivity index (χ3n) is 6.37. The number of carbonyl (C=O) groups excluding carboxylic acids is 1. The first-order valence-corrected chi connectivity index (χ1v) is 13.5. The maximum atomic E-state index is 14.9. The van der Waals surface area contributed by atoms with Crippen molar-refractivity contribution in [3.8, 4) is 39.5 Å². The molecule has 0 unspecified atom stereocenters. The van der Waals surface area contributed by atoms with Crippen molar-refractivity contribution in [1.82, 2.24) is 0 Å².